The van der Waals surface area contributed by atoms with E-state index in [-0.39, 0.29) is 11.5 Å². The molecule has 4 aromatic heterocycles. The molecule has 0 aromatic carbocycles. The summed E-state index contributed by atoms with van der Waals surface area (Å²) >= 11 is 1.46. The molecule has 0 unspecified atom stereocenters. The normalized spacial score (nSPS) is 14.9. The van der Waals surface area contributed by atoms with Crippen LogP contribution in [-0.2, 0) is 6.54 Å². The maximum absolute atomic E-state index is 13.3. The molecule has 5 rings (SSSR count). The van der Waals surface area contributed by atoms with Gasteiger partial charge in [-0.25, -0.2) is 9.97 Å². The van der Waals surface area contributed by atoms with Crippen LogP contribution in [0.15, 0.2) is 52.9 Å². The van der Waals surface area contributed by atoms with Crippen LogP contribution in [0.4, 0.5) is 0 Å². The van der Waals surface area contributed by atoms with Crippen LogP contribution in [0.2, 0.25) is 0 Å². The summed E-state index contributed by atoms with van der Waals surface area (Å²) in [6.45, 7) is 7.36. The molecule has 32 heavy (non-hydrogen) atoms. The fourth-order valence-electron chi connectivity index (χ4n) is 4.30. The Balaban J connectivity index is 1.27. The van der Waals surface area contributed by atoms with Crippen LogP contribution < -0.4 is 5.56 Å². The molecule has 1 fully saturated rings. The molecule has 1 aliphatic rings. The summed E-state index contributed by atoms with van der Waals surface area (Å²) in [5, 5.41) is 1.86. The Hall–Kier alpha value is -3.30. The minimum absolute atomic E-state index is 0.0521. The van der Waals surface area contributed by atoms with Crippen molar-refractivity contribution in [2.75, 3.05) is 26.2 Å². The van der Waals surface area contributed by atoms with Gasteiger partial charge in [0.2, 0.25) is 0 Å². The largest absolute Gasteiger partial charge is 0.336 e. The fourth-order valence-corrected chi connectivity index (χ4v) is 5.03. The second kappa shape index (κ2) is 8.33. The van der Waals surface area contributed by atoms with Gasteiger partial charge < -0.3 is 9.47 Å². The van der Waals surface area contributed by atoms with Gasteiger partial charge in [-0.15, -0.1) is 11.3 Å². The van der Waals surface area contributed by atoms with Gasteiger partial charge in [-0.2, -0.15) is 0 Å². The number of nitrogens with zero attached hydrogens (tertiary/aromatic N) is 6. The molecule has 4 aromatic rings. The van der Waals surface area contributed by atoms with E-state index in [0.29, 0.717) is 24.6 Å². The Bertz CT molecular complexity index is 1330. The molecule has 0 N–H and O–H groups in total. The van der Waals surface area contributed by atoms with Crippen LogP contribution in [0, 0.1) is 13.8 Å². The molecular formula is C23H24N6O2S. The van der Waals surface area contributed by atoms with Crippen molar-refractivity contribution >= 4 is 22.2 Å². The topological polar surface area (TPSA) is 75.7 Å². The first-order valence-electron chi connectivity index (χ1n) is 10.6. The molecule has 5 heterocycles. The number of thiazole rings is 1. The lowest BCUT2D eigenvalue weighted by molar-refractivity contribution is 0.0626. The maximum Gasteiger partial charge on any atom is 0.258 e. The van der Waals surface area contributed by atoms with E-state index >= 15 is 0 Å². The van der Waals surface area contributed by atoms with E-state index in [1.54, 1.807) is 22.9 Å². The average molecular weight is 449 g/mol. The lowest BCUT2D eigenvalue weighted by Gasteiger charge is -2.34. The number of hydrogen-bond donors (Lipinski definition) is 0. The van der Waals surface area contributed by atoms with Crippen LogP contribution in [0.25, 0.3) is 10.8 Å². The van der Waals surface area contributed by atoms with Crippen LogP contribution in [0.5, 0.6) is 0 Å². The quantitative estimate of drug-likeness (QED) is 0.480. The highest BCUT2D eigenvalue weighted by molar-refractivity contribution is 7.15. The maximum atomic E-state index is 13.3. The Kier molecular flexibility index (Phi) is 5.36. The highest BCUT2D eigenvalue weighted by Crippen LogP contribution is 2.21. The number of carbonyl (C=O) groups is 1. The monoisotopic (exact) mass is 448 g/mol. The molecule has 0 spiro atoms. The summed E-state index contributed by atoms with van der Waals surface area (Å²) in [7, 11) is 0. The second-order valence-electron chi connectivity index (χ2n) is 8.02. The van der Waals surface area contributed by atoms with E-state index in [1.807, 2.05) is 53.0 Å². The fraction of sp³-hybridized carbons (Fsp3) is 0.304. The molecule has 9 heteroatoms. The summed E-state index contributed by atoms with van der Waals surface area (Å²) < 4.78 is 3.58. The van der Waals surface area contributed by atoms with Gasteiger partial charge in [0.15, 0.2) is 4.96 Å². The average Bonchev–Trinajstić information content (AvgIpc) is 3.39. The van der Waals surface area contributed by atoms with E-state index in [4.69, 9.17) is 0 Å². The van der Waals surface area contributed by atoms with Gasteiger partial charge in [-0.05, 0) is 32.0 Å². The number of fused-ring (bicyclic) bond motifs is 1. The van der Waals surface area contributed by atoms with E-state index in [9.17, 15) is 9.59 Å². The molecular weight excluding hydrogens is 424 g/mol. The number of carbonyl (C=O) groups excluding carboxylic acids is 1. The molecule has 8 nitrogen and oxygen atoms in total. The van der Waals surface area contributed by atoms with Crippen molar-refractivity contribution in [3.63, 3.8) is 0 Å². The van der Waals surface area contributed by atoms with E-state index in [1.165, 1.54) is 11.3 Å². The van der Waals surface area contributed by atoms with Crippen LogP contribution in [0.3, 0.4) is 0 Å². The van der Waals surface area contributed by atoms with Crippen molar-refractivity contribution in [2.24, 2.45) is 0 Å². The van der Waals surface area contributed by atoms with Crippen LogP contribution in [0.1, 0.15) is 27.4 Å². The molecule has 0 radical (unpaired) electrons. The summed E-state index contributed by atoms with van der Waals surface area (Å²) in [6, 6.07) is 9.33. The number of aromatic nitrogens is 4. The summed E-state index contributed by atoms with van der Waals surface area (Å²) in [4.78, 5) is 39.4. The molecule has 0 bridgehead atoms. The first-order valence-corrected chi connectivity index (χ1v) is 11.5. The predicted octanol–water partition coefficient (Wildman–Crippen LogP) is 2.52. The van der Waals surface area contributed by atoms with Crippen molar-refractivity contribution in [1.82, 2.24) is 28.7 Å². The standard InChI is InChI=1S/C23H24N6O2S/c1-16-13-19(17(2)29(16)20-5-3-4-6-24-20)22(31)27-9-7-26(8-10-27)15-18-14-21(30)28-11-12-32-23(28)25-18/h3-6,11-14H,7-10,15H2,1-2H3. The number of aryl methyl sites for hydroxylation is 1. The van der Waals surface area contributed by atoms with E-state index in [0.717, 1.165) is 41.6 Å². The van der Waals surface area contributed by atoms with Crippen LogP contribution >= 0.6 is 11.3 Å². The summed E-state index contributed by atoms with van der Waals surface area (Å²) in [5.41, 5.74) is 3.34. The van der Waals surface area contributed by atoms with Crippen molar-refractivity contribution in [1.29, 1.82) is 0 Å². The number of piperazine rings is 1. The van der Waals surface area contributed by atoms with Crippen molar-refractivity contribution < 1.29 is 4.79 Å². The number of pyridine rings is 1. The summed E-state index contributed by atoms with van der Waals surface area (Å²) in [6.07, 6.45) is 3.50. The highest BCUT2D eigenvalue weighted by Gasteiger charge is 2.26. The predicted molar refractivity (Wildman–Crippen MR) is 124 cm³/mol. The number of amides is 1. The molecule has 0 saturated carbocycles. The molecule has 1 amide bonds. The molecule has 1 saturated heterocycles. The lowest BCUT2D eigenvalue weighted by Crippen LogP contribution is -2.48. The Morgan fingerprint density at radius 3 is 2.69 bits per heavy atom. The SMILES string of the molecule is Cc1cc(C(=O)N2CCN(Cc3cc(=O)n4ccsc4n3)CC2)c(C)n1-c1ccccn1. The van der Waals surface area contributed by atoms with E-state index < -0.39 is 0 Å². The first-order chi connectivity index (χ1) is 15.5. The lowest BCUT2D eigenvalue weighted by atomic mass is 10.2. The zero-order valence-corrected chi connectivity index (χ0v) is 18.9. The van der Waals surface area contributed by atoms with Crippen molar-refractivity contribution in [2.45, 2.75) is 20.4 Å². The Labute approximate surface area is 189 Å². The molecule has 0 atom stereocenters. The third kappa shape index (κ3) is 3.74. The van der Waals surface area contributed by atoms with Crippen molar-refractivity contribution in [3.8, 4) is 5.82 Å². The number of hydrogen-bond acceptors (Lipinski definition) is 6. The zero-order chi connectivity index (χ0) is 22.2. The van der Waals surface area contributed by atoms with Gasteiger partial charge in [0.1, 0.15) is 5.82 Å². The summed E-state index contributed by atoms with van der Waals surface area (Å²) in [5.74, 6) is 0.869. The van der Waals surface area contributed by atoms with Gasteiger partial charge >= 0.3 is 0 Å². The molecule has 0 aliphatic carbocycles. The first kappa shape index (κ1) is 20.6. The Morgan fingerprint density at radius 2 is 1.94 bits per heavy atom. The van der Waals surface area contributed by atoms with E-state index in [2.05, 4.69) is 14.9 Å². The minimum atomic E-state index is -0.0525. The van der Waals surface area contributed by atoms with Gasteiger partial charge in [0.25, 0.3) is 11.5 Å². The third-order valence-corrected chi connectivity index (χ3v) is 6.70. The minimum Gasteiger partial charge on any atom is -0.336 e. The smallest absolute Gasteiger partial charge is 0.258 e. The van der Waals surface area contributed by atoms with Crippen molar-refractivity contribution in [3.05, 3.63) is 81.1 Å². The second-order valence-corrected chi connectivity index (χ2v) is 8.89. The van der Waals surface area contributed by atoms with Gasteiger partial charge in [-0.3, -0.25) is 18.9 Å². The molecule has 1 aliphatic heterocycles. The van der Waals surface area contributed by atoms with Gasteiger partial charge in [-0.1, -0.05) is 6.07 Å². The highest BCUT2D eigenvalue weighted by atomic mass is 32.1. The van der Waals surface area contributed by atoms with Gasteiger partial charge in [0.05, 0.1) is 11.3 Å². The van der Waals surface area contributed by atoms with Gasteiger partial charge in [0, 0.05) is 68.0 Å². The Morgan fingerprint density at radius 1 is 1.12 bits per heavy atom. The zero-order valence-electron chi connectivity index (χ0n) is 18.1. The van der Waals surface area contributed by atoms with Crippen LogP contribution in [-0.4, -0.2) is 60.8 Å². The molecule has 164 valence electrons. The third-order valence-electron chi connectivity index (χ3n) is 5.94. The number of rotatable bonds is 4.